The number of anilines is 2. The fraction of sp³-hybridized carbons (Fsp3) is 0.458. The lowest BCUT2D eigenvalue weighted by molar-refractivity contribution is -0.149. The number of ether oxygens (including phenoxy) is 1. The van der Waals surface area contributed by atoms with Crippen LogP contribution < -0.4 is 9.80 Å². The Morgan fingerprint density at radius 3 is 2.35 bits per heavy atom. The van der Waals surface area contributed by atoms with Gasteiger partial charge in [0.05, 0.1) is 12.5 Å². The molecule has 164 valence electrons. The summed E-state index contributed by atoms with van der Waals surface area (Å²) in [7, 11) is 0. The standard InChI is InChI=1S/C24H30N4O3/c1-2-31-24(30)19-10-13-28(21-6-4-3-5-7-21)22(18-19)23(29)27-16-14-26(15-17-27)20-8-11-25-12-9-20/h3-9,11-12,19,22H,2,10,13-18H2,1H3. The molecule has 0 bridgehead atoms. The zero-order valence-electron chi connectivity index (χ0n) is 18.0. The molecule has 1 aromatic heterocycles. The van der Waals surface area contributed by atoms with Gasteiger partial charge in [-0.15, -0.1) is 0 Å². The van der Waals surface area contributed by atoms with E-state index in [1.807, 2.05) is 54.3 Å². The molecule has 0 aliphatic carbocycles. The van der Waals surface area contributed by atoms with E-state index >= 15 is 0 Å². The summed E-state index contributed by atoms with van der Waals surface area (Å²) in [6.07, 6.45) is 4.79. The van der Waals surface area contributed by atoms with Gasteiger partial charge in [0, 0.05) is 56.5 Å². The molecule has 4 rings (SSSR count). The van der Waals surface area contributed by atoms with E-state index in [1.54, 1.807) is 12.4 Å². The summed E-state index contributed by atoms with van der Waals surface area (Å²) in [5.41, 5.74) is 2.16. The minimum absolute atomic E-state index is 0.104. The van der Waals surface area contributed by atoms with Gasteiger partial charge in [0.15, 0.2) is 0 Å². The average molecular weight is 423 g/mol. The van der Waals surface area contributed by atoms with Gasteiger partial charge in [-0.1, -0.05) is 18.2 Å². The van der Waals surface area contributed by atoms with Crippen LogP contribution in [0.4, 0.5) is 11.4 Å². The summed E-state index contributed by atoms with van der Waals surface area (Å²) in [5.74, 6) is -0.310. The third-order valence-electron chi connectivity index (χ3n) is 6.21. The van der Waals surface area contributed by atoms with Gasteiger partial charge in [-0.05, 0) is 44.0 Å². The van der Waals surface area contributed by atoms with Gasteiger partial charge >= 0.3 is 5.97 Å². The number of nitrogens with zero attached hydrogens (tertiary/aromatic N) is 4. The lowest BCUT2D eigenvalue weighted by atomic mass is 9.89. The molecule has 0 spiro atoms. The number of rotatable bonds is 5. The van der Waals surface area contributed by atoms with Crippen LogP contribution in [0, 0.1) is 5.92 Å². The van der Waals surface area contributed by atoms with Crippen LogP contribution in [0.3, 0.4) is 0 Å². The van der Waals surface area contributed by atoms with Crippen LogP contribution in [-0.4, -0.2) is 67.1 Å². The quantitative estimate of drug-likeness (QED) is 0.690. The first-order valence-electron chi connectivity index (χ1n) is 11.1. The summed E-state index contributed by atoms with van der Waals surface area (Å²) in [6.45, 7) is 5.77. The number of carbonyl (C=O) groups is 2. The first-order valence-corrected chi connectivity index (χ1v) is 11.1. The van der Waals surface area contributed by atoms with Gasteiger partial charge in [-0.25, -0.2) is 0 Å². The van der Waals surface area contributed by atoms with Crippen molar-refractivity contribution >= 4 is 23.3 Å². The van der Waals surface area contributed by atoms with Crippen molar-refractivity contribution in [3.05, 3.63) is 54.9 Å². The van der Waals surface area contributed by atoms with Crippen molar-refractivity contribution in [3.63, 3.8) is 0 Å². The number of hydrogen-bond acceptors (Lipinski definition) is 6. The number of esters is 1. The smallest absolute Gasteiger partial charge is 0.309 e. The lowest BCUT2D eigenvalue weighted by Gasteiger charge is -2.43. The Balaban J connectivity index is 1.47. The minimum atomic E-state index is -0.349. The normalized spacial score (nSPS) is 21.6. The molecule has 2 atom stereocenters. The van der Waals surface area contributed by atoms with Gasteiger partial charge < -0.3 is 19.4 Å². The monoisotopic (exact) mass is 422 g/mol. The zero-order chi connectivity index (χ0) is 21.6. The van der Waals surface area contributed by atoms with Crippen LogP contribution in [0.5, 0.6) is 0 Å². The van der Waals surface area contributed by atoms with Crippen molar-refractivity contribution < 1.29 is 14.3 Å². The SMILES string of the molecule is CCOC(=O)C1CCN(c2ccccc2)C(C(=O)N2CCN(c3ccncc3)CC2)C1. The van der Waals surface area contributed by atoms with E-state index in [4.69, 9.17) is 4.74 Å². The van der Waals surface area contributed by atoms with Crippen molar-refractivity contribution in [2.45, 2.75) is 25.8 Å². The van der Waals surface area contributed by atoms with E-state index in [9.17, 15) is 9.59 Å². The predicted molar refractivity (Wildman–Crippen MR) is 120 cm³/mol. The van der Waals surface area contributed by atoms with E-state index in [0.29, 0.717) is 39.1 Å². The minimum Gasteiger partial charge on any atom is -0.466 e. The molecule has 1 amide bonds. The zero-order valence-corrected chi connectivity index (χ0v) is 18.0. The lowest BCUT2D eigenvalue weighted by Crippen LogP contribution is -2.57. The summed E-state index contributed by atoms with van der Waals surface area (Å²) in [4.78, 5) is 36.5. The Bertz CT molecular complexity index is 869. The second-order valence-corrected chi connectivity index (χ2v) is 8.04. The molecule has 7 nitrogen and oxygen atoms in total. The van der Waals surface area contributed by atoms with Crippen LogP contribution in [-0.2, 0) is 14.3 Å². The Morgan fingerprint density at radius 2 is 1.68 bits per heavy atom. The Morgan fingerprint density at radius 1 is 0.968 bits per heavy atom. The molecule has 31 heavy (non-hydrogen) atoms. The Kier molecular flexibility index (Phi) is 6.70. The van der Waals surface area contributed by atoms with Crippen molar-refractivity contribution in [2.24, 2.45) is 5.92 Å². The molecule has 7 heteroatoms. The number of piperazine rings is 1. The highest BCUT2D eigenvalue weighted by Gasteiger charge is 2.39. The molecule has 0 saturated carbocycles. The molecular formula is C24H30N4O3. The molecule has 0 N–H and O–H groups in total. The van der Waals surface area contributed by atoms with Crippen LogP contribution in [0.25, 0.3) is 0 Å². The Labute approximate surface area is 183 Å². The molecule has 2 aliphatic rings. The molecule has 0 radical (unpaired) electrons. The van der Waals surface area contributed by atoms with Crippen molar-refractivity contribution in [3.8, 4) is 0 Å². The van der Waals surface area contributed by atoms with Gasteiger partial charge in [0.25, 0.3) is 0 Å². The maximum atomic E-state index is 13.6. The summed E-state index contributed by atoms with van der Waals surface area (Å²) >= 11 is 0. The van der Waals surface area contributed by atoms with Gasteiger partial charge in [-0.3, -0.25) is 14.6 Å². The summed E-state index contributed by atoms with van der Waals surface area (Å²) in [5, 5.41) is 0. The van der Waals surface area contributed by atoms with Crippen molar-refractivity contribution in [1.82, 2.24) is 9.88 Å². The van der Waals surface area contributed by atoms with E-state index in [0.717, 1.165) is 24.5 Å². The summed E-state index contributed by atoms with van der Waals surface area (Å²) < 4.78 is 5.26. The molecule has 2 aromatic rings. The highest BCUT2D eigenvalue weighted by atomic mass is 16.5. The van der Waals surface area contributed by atoms with Crippen LogP contribution in [0.15, 0.2) is 54.9 Å². The molecule has 1 aromatic carbocycles. The first kappa shape index (κ1) is 21.2. The molecule has 2 fully saturated rings. The number of aromatic nitrogens is 1. The Hall–Kier alpha value is -3.09. The summed E-state index contributed by atoms with van der Waals surface area (Å²) in [6, 6.07) is 13.7. The second-order valence-electron chi connectivity index (χ2n) is 8.04. The number of benzene rings is 1. The molecule has 2 unspecified atom stereocenters. The van der Waals surface area contributed by atoms with Gasteiger partial charge in [-0.2, -0.15) is 0 Å². The largest absolute Gasteiger partial charge is 0.466 e. The topological polar surface area (TPSA) is 66.0 Å². The number of amides is 1. The third kappa shape index (κ3) is 4.81. The van der Waals surface area contributed by atoms with E-state index in [1.165, 1.54) is 0 Å². The highest BCUT2D eigenvalue weighted by Crippen LogP contribution is 2.30. The van der Waals surface area contributed by atoms with Crippen LogP contribution in [0.1, 0.15) is 19.8 Å². The number of hydrogen-bond donors (Lipinski definition) is 0. The average Bonchev–Trinajstić information content (AvgIpc) is 2.84. The highest BCUT2D eigenvalue weighted by molar-refractivity contribution is 5.87. The van der Waals surface area contributed by atoms with E-state index < -0.39 is 0 Å². The number of piperidine rings is 1. The number of pyridine rings is 1. The number of carbonyl (C=O) groups excluding carboxylic acids is 2. The molecule has 3 heterocycles. The predicted octanol–water partition coefficient (Wildman–Crippen LogP) is 2.58. The van der Waals surface area contributed by atoms with E-state index in [-0.39, 0.29) is 23.8 Å². The van der Waals surface area contributed by atoms with Gasteiger partial charge in [0.1, 0.15) is 6.04 Å². The van der Waals surface area contributed by atoms with Gasteiger partial charge in [0.2, 0.25) is 5.91 Å². The van der Waals surface area contributed by atoms with Crippen LogP contribution >= 0.6 is 0 Å². The third-order valence-corrected chi connectivity index (χ3v) is 6.21. The second kappa shape index (κ2) is 9.81. The molecular weight excluding hydrogens is 392 g/mol. The van der Waals surface area contributed by atoms with Crippen molar-refractivity contribution in [2.75, 3.05) is 49.1 Å². The first-order chi connectivity index (χ1) is 15.2. The maximum Gasteiger partial charge on any atom is 0.309 e. The fourth-order valence-corrected chi connectivity index (χ4v) is 4.55. The van der Waals surface area contributed by atoms with Crippen molar-refractivity contribution in [1.29, 1.82) is 0 Å². The molecule has 2 saturated heterocycles. The maximum absolute atomic E-state index is 13.6. The fourth-order valence-electron chi connectivity index (χ4n) is 4.55. The van der Waals surface area contributed by atoms with E-state index in [2.05, 4.69) is 14.8 Å². The molecule has 2 aliphatic heterocycles. The number of para-hydroxylation sites is 1. The van der Waals surface area contributed by atoms with Crippen LogP contribution in [0.2, 0.25) is 0 Å².